The average molecular weight is 154 g/mol. The van der Waals surface area contributed by atoms with Crippen molar-refractivity contribution in [1.29, 1.82) is 0 Å². The van der Waals surface area contributed by atoms with E-state index in [1.54, 1.807) is 0 Å². The van der Waals surface area contributed by atoms with Gasteiger partial charge in [0.05, 0.1) is 0 Å². The van der Waals surface area contributed by atoms with Gasteiger partial charge in [-0.05, 0) is 13.8 Å². The summed E-state index contributed by atoms with van der Waals surface area (Å²) in [6.45, 7) is 3.71. The molecule has 0 fully saturated rings. The van der Waals surface area contributed by atoms with Crippen LogP contribution < -0.4 is 16.6 Å². The molecule has 9 heavy (non-hydrogen) atoms. The molecular formula is C4H12ClN3O. The van der Waals surface area contributed by atoms with Crippen LogP contribution in [0.4, 0.5) is 4.79 Å². The lowest BCUT2D eigenvalue weighted by Gasteiger charge is -2.05. The van der Waals surface area contributed by atoms with Crippen molar-refractivity contribution in [2.45, 2.75) is 19.9 Å². The smallest absolute Gasteiger partial charge is 0.329 e. The van der Waals surface area contributed by atoms with E-state index in [1.165, 1.54) is 0 Å². The van der Waals surface area contributed by atoms with E-state index in [1.807, 2.05) is 19.3 Å². The molecule has 0 aliphatic rings. The number of urea groups is 1. The maximum atomic E-state index is 10.3. The normalized spacial score (nSPS) is 8.00. The number of hydrazine groups is 1. The van der Waals surface area contributed by atoms with Crippen LogP contribution in [0.3, 0.4) is 0 Å². The van der Waals surface area contributed by atoms with Crippen LogP contribution in [-0.4, -0.2) is 12.1 Å². The van der Waals surface area contributed by atoms with Crippen LogP contribution >= 0.6 is 12.4 Å². The summed E-state index contributed by atoms with van der Waals surface area (Å²) >= 11 is 0. The molecule has 0 aromatic rings. The van der Waals surface area contributed by atoms with Gasteiger partial charge in [-0.1, -0.05) is 0 Å². The van der Waals surface area contributed by atoms with Crippen LogP contribution in [0.2, 0.25) is 0 Å². The van der Waals surface area contributed by atoms with Crippen LogP contribution in [-0.2, 0) is 0 Å². The predicted octanol–water partition coefficient (Wildman–Crippen LogP) is -0.0105. The monoisotopic (exact) mass is 153 g/mol. The number of rotatable bonds is 1. The summed E-state index contributed by atoms with van der Waals surface area (Å²) in [5, 5.41) is 2.52. The molecule has 56 valence electrons. The first kappa shape index (κ1) is 11.3. The summed E-state index contributed by atoms with van der Waals surface area (Å²) in [7, 11) is 0. The fraction of sp³-hybridized carbons (Fsp3) is 0.750. The van der Waals surface area contributed by atoms with Crippen LogP contribution in [0.25, 0.3) is 0 Å². The Balaban J connectivity index is 0. The zero-order valence-corrected chi connectivity index (χ0v) is 6.29. The van der Waals surface area contributed by atoms with Gasteiger partial charge in [0.1, 0.15) is 0 Å². The van der Waals surface area contributed by atoms with E-state index in [2.05, 4.69) is 5.32 Å². The quantitative estimate of drug-likeness (QED) is 0.282. The molecule has 0 spiro atoms. The molecule has 0 radical (unpaired) electrons. The highest BCUT2D eigenvalue weighted by atomic mass is 35.5. The zero-order chi connectivity index (χ0) is 6.57. The number of hydrogen-bond donors (Lipinski definition) is 3. The van der Waals surface area contributed by atoms with Gasteiger partial charge in [-0.3, -0.25) is 5.43 Å². The molecule has 0 saturated heterocycles. The molecule has 0 bridgehead atoms. The number of carbonyl (C=O) groups is 1. The van der Waals surface area contributed by atoms with Crippen molar-refractivity contribution in [2.75, 3.05) is 0 Å². The molecule has 0 aromatic carbocycles. The molecular weight excluding hydrogens is 142 g/mol. The van der Waals surface area contributed by atoms with Gasteiger partial charge in [-0.25, -0.2) is 10.6 Å². The summed E-state index contributed by atoms with van der Waals surface area (Å²) in [6, 6.07) is -0.210. The number of amides is 2. The van der Waals surface area contributed by atoms with Crippen LogP contribution in [0.15, 0.2) is 0 Å². The number of carbonyl (C=O) groups excluding carboxylic acids is 1. The van der Waals surface area contributed by atoms with Gasteiger partial charge in [0, 0.05) is 6.04 Å². The van der Waals surface area contributed by atoms with E-state index in [4.69, 9.17) is 5.84 Å². The highest BCUT2D eigenvalue weighted by Crippen LogP contribution is 1.72. The van der Waals surface area contributed by atoms with Crippen LogP contribution in [0.1, 0.15) is 13.8 Å². The van der Waals surface area contributed by atoms with Gasteiger partial charge in [0.25, 0.3) is 0 Å². The molecule has 0 unspecified atom stereocenters. The first-order valence-electron chi connectivity index (χ1n) is 2.44. The van der Waals surface area contributed by atoms with Crippen molar-refractivity contribution < 1.29 is 4.79 Å². The second-order valence-corrected chi connectivity index (χ2v) is 1.77. The van der Waals surface area contributed by atoms with Crippen molar-refractivity contribution in [3.63, 3.8) is 0 Å². The number of halogens is 1. The largest absolute Gasteiger partial charge is 0.335 e. The Labute approximate surface area is 60.6 Å². The molecule has 4 N–H and O–H groups in total. The molecule has 0 atom stereocenters. The fourth-order valence-corrected chi connectivity index (χ4v) is 0.304. The first-order chi connectivity index (χ1) is 3.66. The summed E-state index contributed by atoms with van der Waals surface area (Å²) < 4.78 is 0. The maximum Gasteiger partial charge on any atom is 0.329 e. The minimum Gasteiger partial charge on any atom is -0.335 e. The third-order valence-corrected chi connectivity index (χ3v) is 0.551. The Hall–Kier alpha value is -0.480. The molecule has 0 aromatic heterocycles. The Morgan fingerprint density at radius 2 is 2.00 bits per heavy atom. The Kier molecular flexibility index (Phi) is 7.12. The summed E-state index contributed by atoms with van der Waals surface area (Å²) in [5.74, 6) is 4.76. The third-order valence-electron chi connectivity index (χ3n) is 0.551. The van der Waals surface area contributed by atoms with E-state index in [9.17, 15) is 4.79 Å². The topological polar surface area (TPSA) is 67.2 Å². The molecule has 4 nitrogen and oxygen atoms in total. The Bertz CT molecular complexity index is 85.9. The second kappa shape index (κ2) is 5.65. The molecule has 0 heterocycles. The van der Waals surface area contributed by atoms with Gasteiger partial charge in [-0.2, -0.15) is 0 Å². The van der Waals surface area contributed by atoms with E-state index in [-0.39, 0.29) is 24.5 Å². The molecule has 5 heteroatoms. The average Bonchev–Trinajstić information content (AvgIpc) is 1.65. The lowest BCUT2D eigenvalue weighted by molar-refractivity contribution is 0.239. The van der Waals surface area contributed by atoms with Gasteiger partial charge in [-0.15, -0.1) is 12.4 Å². The standard InChI is InChI=1S/C4H11N3O.ClH/c1-3(2)6-4(8)7-5;/h3H,5H2,1-2H3,(H2,6,7,8);1H. The van der Waals surface area contributed by atoms with Crippen molar-refractivity contribution in [3.05, 3.63) is 0 Å². The van der Waals surface area contributed by atoms with Crippen molar-refractivity contribution in [3.8, 4) is 0 Å². The first-order valence-corrected chi connectivity index (χ1v) is 2.44. The van der Waals surface area contributed by atoms with Gasteiger partial charge >= 0.3 is 6.03 Å². The predicted molar refractivity (Wildman–Crippen MR) is 38.2 cm³/mol. The zero-order valence-electron chi connectivity index (χ0n) is 5.47. The van der Waals surface area contributed by atoms with Crippen molar-refractivity contribution in [1.82, 2.24) is 10.7 Å². The summed E-state index contributed by atoms with van der Waals surface area (Å²) in [5.41, 5.74) is 1.95. The molecule has 2 amide bonds. The van der Waals surface area contributed by atoms with Gasteiger partial charge in [0.2, 0.25) is 0 Å². The molecule has 0 saturated carbocycles. The Morgan fingerprint density at radius 1 is 1.56 bits per heavy atom. The van der Waals surface area contributed by atoms with E-state index in [0.717, 1.165) is 0 Å². The third kappa shape index (κ3) is 7.52. The highest BCUT2D eigenvalue weighted by molar-refractivity contribution is 5.85. The number of hydrogen-bond acceptors (Lipinski definition) is 2. The maximum absolute atomic E-state index is 10.3. The molecule has 0 rings (SSSR count). The molecule has 0 aliphatic heterocycles. The van der Waals surface area contributed by atoms with Crippen molar-refractivity contribution in [2.24, 2.45) is 5.84 Å². The summed E-state index contributed by atoms with van der Waals surface area (Å²) in [4.78, 5) is 10.3. The SMILES string of the molecule is CC(C)NC(=O)NN.Cl. The van der Waals surface area contributed by atoms with E-state index >= 15 is 0 Å². The number of nitrogens with two attached hydrogens (primary N) is 1. The second-order valence-electron chi connectivity index (χ2n) is 1.77. The highest BCUT2D eigenvalue weighted by Gasteiger charge is 1.95. The van der Waals surface area contributed by atoms with Gasteiger partial charge in [0.15, 0.2) is 0 Å². The lowest BCUT2D eigenvalue weighted by atomic mass is 10.4. The van der Waals surface area contributed by atoms with Crippen molar-refractivity contribution >= 4 is 18.4 Å². The number of nitrogens with one attached hydrogen (secondary N) is 2. The van der Waals surface area contributed by atoms with E-state index < -0.39 is 0 Å². The lowest BCUT2D eigenvalue weighted by Crippen LogP contribution is -2.42. The fourth-order valence-electron chi connectivity index (χ4n) is 0.304. The minimum atomic E-state index is -0.347. The molecule has 0 aliphatic carbocycles. The minimum absolute atomic E-state index is 0. The summed E-state index contributed by atoms with van der Waals surface area (Å²) in [6.07, 6.45) is 0. The van der Waals surface area contributed by atoms with E-state index in [0.29, 0.717) is 0 Å². The van der Waals surface area contributed by atoms with Crippen LogP contribution in [0.5, 0.6) is 0 Å². The van der Waals surface area contributed by atoms with Crippen LogP contribution in [0, 0.1) is 0 Å². The van der Waals surface area contributed by atoms with Gasteiger partial charge < -0.3 is 5.32 Å². The Morgan fingerprint density at radius 3 is 2.11 bits per heavy atom.